The van der Waals surface area contributed by atoms with Crippen molar-refractivity contribution in [1.29, 1.82) is 0 Å². The summed E-state index contributed by atoms with van der Waals surface area (Å²) in [4.78, 5) is 0. The van der Waals surface area contributed by atoms with Crippen molar-refractivity contribution in [2.24, 2.45) is 0 Å². The molecule has 0 unspecified atom stereocenters. The Balaban J connectivity index is 1.98. The Bertz CT molecular complexity index is 1460. The van der Waals surface area contributed by atoms with E-state index in [1.165, 1.54) is 24.3 Å². The van der Waals surface area contributed by atoms with Crippen LogP contribution in [-0.4, -0.2) is 6.30 Å². The van der Waals surface area contributed by atoms with Crippen molar-refractivity contribution in [1.82, 2.24) is 0 Å². The van der Waals surface area contributed by atoms with Crippen LogP contribution in [0.4, 0.5) is 17.6 Å². The van der Waals surface area contributed by atoms with Crippen LogP contribution in [0.2, 0.25) is 0 Å². The average Bonchev–Trinajstić information content (AvgIpc) is 2.76. The second-order valence-corrected chi connectivity index (χ2v) is 10.9. The molecule has 0 aromatic heterocycles. The van der Waals surface area contributed by atoms with Crippen LogP contribution in [0, 0.1) is 23.3 Å². The topological polar surface area (TPSA) is 0 Å². The standard InChI is InChI=1S/C27H17F4P/c1-32(22-13-18(28)11-19(29)14-22,23-15-20(30)12-21(31)16-23)27-10-17-6-2-3-7-24(17)25-8-4-5-9-26(25)27/h2-16H,1H2. The summed E-state index contributed by atoms with van der Waals surface area (Å²) < 4.78 is 57.3. The monoisotopic (exact) mass is 448 g/mol. The predicted molar refractivity (Wildman–Crippen MR) is 127 cm³/mol. The number of fused-ring (bicyclic) bond motifs is 3. The molecule has 0 aliphatic rings. The molecule has 0 fully saturated rings. The summed E-state index contributed by atoms with van der Waals surface area (Å²) in [7, 11) is 0. The Morgan fingerprint density at radius 2 is 0.938 bits per heavy atom. The van der Waals surface area contributed by atoms with Crippen molar-refractivity contribution >= 4 is 50.6 Å². The predicted octanol–water partition coefficient (Wildman–Crippen LogP) is 6.28. The number of benzene rings is 5. The molecule has 158 valence electrons. The Morgan fingerprint density at radius 1 is 0.500 bits per heavy atom. The van der Waals surface area contributed by atoms with Gasteiger partial charge in [-0.1, -0.05) is 54.8 Å². The number of hydrogen-bond donors (Lipinski definition) is 0. The molecule has 5 aromatic carbocycles. The fourth-order valence-corrected chi connectivity index (χ4v) is 7.49. The van der Waals surface area contributed by atoms with Crippen LogP contribution in [-0.2, 0) is 0 Å². The molecule has 32 heavy (non-hydrogen) atoms. The summed E-state index contributed by atoms with van der Waals surface area (Å²) in [6.07, 6.45) is 4.45. The van der Waals surface area contributed by atoms with E-state index in [1.54, 1.807) is 0 Å². The molecule has 5 heteroatoms. The second kappa shape index (κ2) is 7.65. The van der Waals surface area contributed by atoms with E-state index in [0.29, 0.717) is 5.30 Å². The molecule has 0 radical (unpaired) electrons. The third-order valence-electron chi connectivity index (χ3n) is 5.73. The molecule has 0 N–H and O–H groups in total. The van der Waals surface area contributed by atoms with Gasteiger partial charge in [-0.2, -0.15) is 0 Å². The molecule has 0 bridgehead atoms. The highest BCUT2D eigenvalue weighted by molar-refractivity contribution is 7.93. The summed E-state index contributed by atoms with van der Waals surface area (Å²) >= 11 is 0. The van der Waals surface area contributed by atoms with E-state index in [9.17, 15) is 17.6 Å². The van der Waals surface area contributed by atoms with Crippen LogP contribution in [0.25, 0.3) is 21.5 Å². The van der Waals surface area contributed by atoms with Crippen molar-refractivity contribution in [2.75, 3.05) is 0 Å². The zero-order valence-electron chi connectivity index (χ0n) is 16.8. The van der Waals surface area contributed by atoms with Gasteiger partial charge >= 0.3 is 0 Å². The maximum absolute atomic E-state index is 14.3. The lowest BCUT2D eigenvalue weighted by atomic mass is 10.0. The molecular weight excluding hydrogens is 431 g/mol. The van der Waals surface area contributed by atoms with E-state index in [1.807, 2.05) is 54.6 Å². The van der Waals surface area contributed by atoms with E-state index in [2.05, 4.69) is 6.30 Å². The largest absolute Gasteiger partial charge is 0.207 e. The van der Waals surface area contributed by atoms with Crippen LogP contribution in [0.1, 0.15) is 0 Å². The quantitative estimate of drug-likeness (QED) is 0.173. The van der Waals surface area contributed by atoms with Crippen molar-refractivity contribution < 1.29 is 17.6 Å². The van der Waals surface area contributed by atoms with Crippen LogP contribution in [0.15, 0.2) is 91.0 Å². The van der Waals surface area contributed by atoms with Gasteiger partial charge in [-0.25, -0.2) is 17.6 Å². The smallest absolute Gasteiger partial charge is 0.126 e. The van der Waals surface area contributed by atoms with Crippen LogP contribution in [0.5, 0.6) is 0 Å². The van der Waals surface area contributed by atoms with E-state index in [0.717, 1.165) is 33.7 Å². The second-order valence-electron chi connectivity index (χ2n) is 7.73. The summed E-state index contributed by atoms with van der Waals surface area (Å²) in [5.41, 5.74) is 0. The molecule has 0 spiro atoms. The van der Waals surface area contributed by atoms with Gasteiger partial charge < -0.3 is 0 Å². The normalized spacial score (nSPS) is 11.9. The van der Waals surface area contributed by atoms with Crippen molar-refractivity contribution in [3.8, 4) is 0 Å². The fourth-order valence-electron chi connectivity index (χ4n) is 4.30. The highest BCUT2D eigenvalue weighted by atomic mass is 31.2. The molecule has 0 aliphatic carbocycles. The first-order chi connectivity index (χ1) is 15.4. The maximum atomic E-state index is 14.3. The molecule has 0 heterocycles. The Kier molecular flexibility index (Phi) is 4.91. The van der Waals surface area contributed by atoms with Crippen molar-refractivity contribution in [3.05, 3.63) is 114 Å². The third-order valence-corrected chi connectivity index (χ3v) is 9.21. The summed E-state index contributed by atoms with van der Waals surface area (Å²) in [6.45, 7) is -3.09. The number of hydrogen-bond acceptors (Lipinski definition) is 0. The molecule has 5 rings (SSSR count). The highest BCUT2D eigenvalue weighted by Gasteiger charge is 2.27. The van der Waals surface area contributed by atoms with Gasteiger partial charge in [-0.05, 0) is 74.7 Å². The average molecular weight is 448 g/mol. The van der Waals surface area contributed by atoms with Crippen LogP contribution >= 0.6 is 6.89 Å². The van der Waals surface area contributed by atoms with E-state index in [-0.39, 0.29) is 10.6 Å². The molecule has 0 saturated heterocycles. The minimum Gasteiger partial charge on any atom is -0.207 e. The first-order valence-corrected chi connectivity index (χ1v) is 11.9. The van der Waals surface area contributed by atoms with E-state index >= 15 is 0 Å². The van der Waals surface area contributed by atoms with Gasteiger partial charge in [0.2, 0.25) is 0 Å². The van der Waals surface area contributed by atoms with Gasteiger partial charge in [0.15, 0.2) is 0 Å². The number of halogens is 4. The summed E-state index contributed by atoms with van der Waals surface area (Å²) in [5.74, 6) is -3.07. The molecule has 5 aromatic rings. The zero-order valence-corrected chi connectivity index (χ0v) is 17.7. The lowest BCUT2D eigenvalue weighted by Crippen LogP contribution is -2.27. The molecular formula is C27H17F4P. The van der Waals surface area contributed by atoms with Gasteiger partial charge in [0.25, 0.3) is 0 Å². The maximum Gasteiger partial charge on any atom is 0.126 e. The molecule has 0 atom stereocenters. The van der Waals surface area contributed by atoms with Gasteiger partial charge in [-0.3, -0.25) is 0 Å². The molecule has 0 aliphatic heterocycles. The fraction of sp³-hybridized carbons (Fsp3) is 0. The summed E-state index contributed by atoms with van der Waals surface area (Å²) in [5, 5.41) is 4.89. The van der Waals surface area contributed by atoms with Gasteiger partial charge in [0.1, 0.15) is 23.3 Å². The Morgan fingerprint density at radius 3 is 1.47 bits per heavy atom. The van der Waals surface area contributed by atoms with Crippen molar-refractivity contribution in [2.45, 2.75) is 0 Å². The van der Waals surface area contributed by atoms with Crippen molar-refractivity contribution in [3.63, 3.8) is 0 Å². The first kappa shape index (κ1) is 20.5. The van der Waals surface area contributed by atoms with Gasteiger partial charge in [-0.15, -0.1) is 0 Å². The minimum absolute atomic E-state index is 0.264. The third kappa shape index (κ3) is 3.32. The molecule has 0 amide bonds. The van der Waals surface area contributed by atoms with E-state index in [4.69, 9.17) is 0 Å². The lowest BCUT2D eigenvalue weighted by molar-refractivity contribution is 0.585. The van der Waals surface area contributed by atoms with E-state index < -0.39 is 30.2 Å². The summed E-state index contributed by atoms with van der Waals surface area (Å²) in [6, 6.07) is 23.7. The first-order valence-electron chi connectivity index (χ1n) is 9.94. The zero-order chi connectivity index (χ0) is 22.5. The van der Waals surface area contributed by atoms with Crippen LogP contribution < -0.4 is 15.9 Å². The van der Waals surface area contributed by atoms with Gasteiger partial charge in [0.05, 0.1) is 0 Å². The molecule has 0 nitrogen and oxygen atoms in total. The molecule has 0 saturated carbocycles. The SMILES string of the molecule is C=P(c1cc(F)cc(F)c1)(c1cc(F)cc(F)c1)c1cc2ccccc2c2ccccc12. The Hall–Kier alpha value is -3.36. The minimum atomic E-state index is -3.09. The number of rotatable bonds is 3. The lowest BCUT2D eigenvalue weighted by Gasteiger charge is -2.29. The highest BCUT2D eigenvalue weighted by Crippen LogP contribution is 2.45. The van der Waals surface area contributed by atoms with Gasteiger partial charge in [0, 0.05) is 12.1 Å². The Labute approximate surface area is 182 Å². The van der Waals surface area contributed by atoms with Crippen LogP contribution in [0.3, 0.4) is 0 Å².